The Morgan fingerprint density at radius 2 is 2.18 bits per heavy atom. The van der Waals surface area contributed by atoms with Gasteiger partial charge in [0, 0.05) is 19.7 Å². The smallest absolute Gasteiger partial charge is 0.251 e. The third-order valence-corrected chi connectivity index (χ3v) is 4.74. The number of carbonyl (C=O) groups excluding carboxylic acids is 1. The van der Waals surface area contributed by atoms with Crippen molar-refractivity contribution in [1.82, 2.24) is 4.90 Å². The molecule has 2 aliphatic heterocycles. The molecular weight excluding hydrogens is 278 g/mol. The normalized spacial score (nSPS) is 25.2. The van der Waals surface area contributed by atoms with E-state index in [0.29, 0.717) is 5.92 Å². The molecule has 2 aliphatic rings. The van der Waals surface area contributed by atoms with E-state index < -0.39 is 0 Å². The van der Waals surface area contributed by atoms with E-state index in [-0.39, 0.29) is 12.0 Å². The van der Waals surface area contributed by atoms with E-state index in [9.17, 15) is 4.79 Å². The molecule has 0 saturated carbocycles. The van der Waals surface area contributed by atoms with Gasteiger partial charge in [0.2, 0.25) is 0 Å². The van der Waals surface area contributed by atoms with Crippen LogP contribution in [0.2, 0.25) is 0 Å². The van der Waals surface area contributed by atoms with Crippen LogP contribution in [0, 0.1) is 5.92 Å². The molecule has 0 radical (unpaired) electrons. The van der Waals surface area contributed by atoms with Gasteiger partial charge in [-0.3, -0.25) is 4.79 Å². The van der Waals surface area contributed by atoms with E-state index in [2.05, 4.69) is 12.1 Å². The van der Waals surface area contributed by atoms with Gasteiger partial charge in [0.25, 0.3) is 5.91 Å². The highest BCUT2D eigenvalue weighted by Gasteiger charge is 2.31. The fourth-order valence-corrected chi connectivity index (χ4v) is 3.59. The molecule has 0 aromatic heterocycles. The summed E-state index contributed by atoms with van der Waals surface area (Å²) < 4.78 is 11.0. The summed E-state index contributed by atoms with van der Waals surface area (Å²) >= 11 is 0. The maximum atomic E-state index is 12.5. The maximum Gasteiger partial charge on any atom is 0.251 e. The quantitative estimate of drug-likeness (QED) is 0.858. The number of ether oxygens (including phenoxy) is 2. The molecule has 2 atom stereocenters. The van der Waals surface area contributed by atoms with E-state index in [1.807, 2.05) is 17.0 Å². The van der Waals surface area contributed by atoms with E-state index in [4.69, 9.17) is 9.47 Å². The largest absolute Gasteiger partial charge is 0.496 e. The predicted molar refractivity (Wildman–Crippen MR) is 85.0 cm³/mol. The first kappa shape index (κ1) is 15.3. The van der Waals surface area contributed by atoms with Crippen molar-refractivity contribution < 1.29 is 14.3 Å². The Bertz CT molecular complexity index is 511. The fraction of sp³-hybridized carbons (Fsp3) is 0.611. The summed E-state index contributed by atoms with van der Waals surface area (Å²) in [5.41, 5.74) is 1.24. The van der Waals surface area contributed by atoms with E-state index in [1.165, 1.54) is 12.0 Å². The number of piperidine rings is 1. The molecule has 0 spiro atoms. The predicted octanol–water partition coefficient (Wildman–Crippen LogP) is 2.66. The molecule has 0 unspecified atom stereocenters. The third kappa shape index (κ3) is 3.43. The van der Waals surface area contributed by atoms with Gasteiger partial charge < -0.3 is 14.4 Å². The lowest BCUT2D eigenvalue weighted by molar-refractivity contribution is -0.142. The first-order valence-corrected chi connectivity index (χ1v) is 8.30. The van der Waals surface area contributed by atoms with Crippen LogP contribution < -0.4 is 4.74 Å². The summed E-state index contributed by atoms with van der Waals surface area (Å²) in [6.45, 7) is 2.45. The molecule has 1 aromatic carbocycles. The summed E-state index contributed by atoms with van der Waals surface area (Å²) in [4.78, 5) is 14.5. The molecule has 3 rings (SSSR count). The Kier molecular flexibility index (Phi) is 4.98. The van der Waals surface area contributed by atoms with Crippen molar-refractivity contribution in [2.24, 2.45) is 5.92 Å². The minimum atomic E-state index is -0.190. The Morgan fingerprint density at radius 3 is 2.95 bits per heavy atom. The fourth-order valence-electron chi connectivity index (χ4n) is 3.59. The minimum absolute atomic E-state index is 0.190. The van der Waals surface area contributed by atoms with Gasteiger partial charge in [-0.25, -0.2) is 0 Å². The van der Waals surface area contributed by atoms with Gasteiger partial charge in [0.05, 0.1) is 7.11 Å². The molecular formula is C18H25NO3. The number of rotatable bonds is 4. The molecule has 0 aliphatic carbocycles. The standard InChI is InChI=1S/C18H25NO3/c1-21-16-8-3-2-7-15(16)12-14-6-4-10-19(13-14)18(20)17-9-5-11-22-17/h2-3,7-8,14,17H,4-6,9-13H2,1H3/t14-,17+/m0/s1. The van der Waals surface area contributed by atoms with Crippen LogP contribution in [0.5, 0.6) is 5.75 Å². The second-order valence-electron chi connectivity index (χ2n) is 6.31. The van der Waals surface area contributed by atoms with Crippen LogP contribution in [0.1, 0.15) is 31.2 Å². The van der Waals surface area contributed by atoms with Gasteiger partial charge in [-0.2, -0.15) is 0 Å². The number of nitrogens with zero attached hydrogens (tertiary/aromatic N) is 1. The van der Waals surface area contributed by atoms with E-state index in [0.717, 1.165) is 51.1 Å². The SMILES string of the molecule is COc1ccccc1C[C@@H]1CCCN(C(=O)[C@H]2CCCO2)C1. The number of likely N-dealkylation sites (tertiary alicyclic amines) is 1. The van der Waals surface area contributed by atoms with Crippen LogP contribution in [0.25, 0.3) is 0 Å². The molecule has 22 heavy (non-hydrogen) atoms. The van der Waals surface area contributed by atoms with Crippen molar-refractivity contribution in [3.63, 3.8) is 0 Å². The van der Waals surface area contributed by atoms with Crippen molar-refractivity contribution in [3.8, 4) is 5.75 Å². The molecule has 4 heteroatoms. The first-order valence-electron chi connectivity index (χ1n) is 8.30. The number of benzene rings is 1. The second-order valence-corrected chi connectivity index (χ2v) is 6.31. The Morgan fingerprint density at radius 1 is 1.32 bits per heavy atom. The monoisotopic (exact) mass is 303 g/mol. The summed E-state index contributed by atoms with van der Waals surface area (Å²) in [5, 5.41) is 0. The van der Waals surface area contributed by atoms with Gasteiger partial charge in [-0.05, 0) is 49.7 Å². The van der Waals surface area contributed by atoms with Crippen LogP contribution in [-0.2, 0) is 16.0 Å². The molecule has 0 N–H and O–H groups in total. The lowest BCUT2D eigenvalue weighted by atomic mass is 9.90. The van der Waals surface area contributed by atoms with Crippen LogP contribution in [0.15, 0.2) is 24.3 Å². The van der Waals surface area contributed by atoms with Crippen molar-refractivity contribution >= 4 is 5.91 Å². The zero-order valence-electron chi connectivity index (χ0n) is 13.3. The van der Waals surface area contributed by atoms with Crippen molar-refractivity contribution in [3.05, 3.63) is 29.8 Å². The first-order chi connectivity index (χ1) is 10.8. The third-order valence-electron chi connectivity index (χ3n) is 4.74. The highest BCUT2D eigenvalue weighted by atomic mass is 16.5. The van der Waals surface area contributed by atoms with Crippen LogP contribution in [0.4, 0.5) is 0 Å². The van der Waals surface area contributed by atoms with Gasteiger partial charge in [0.15, 0.2) is 0 Å². The van der Waals surface area contributed by atoms with Gasteiger partial charge >= 0.3 is 0 Å². The molecule has 2 saturated heterocycles. The molecule has 120 valence electrons. The summed E-state index contributed by atoms with van der Waals surface area (Å²) in [5.74, 6) is 1.66. The number of hydrogen-bond acceptors (Lipinski definition) is 3. The summed E-state index contributed by atoms with van der Waals surface area (Å²) in [6.07, 6.45) is 4.93. The van der Waals surface area contributed by atoms with Crippen LogP contribution in [0.3, 0.4) is 0 Å². The van der Waals surface area contributed by atoms with Crippen molar-refractivity contribution in [2.45, 2.75) is 38.2 Å². The Labute approximate surface area is 132 Å². The van der Waals surface area contributed by atoms with Crippen LogP contribution >= 0.6 is 0 Å². The molecule has 1 aromatic rings. The van der Waals surface area contributed by atoms with Crippen LogP contribution in [-0.4, -0.2) is 43.7 Å². The van der Waals surface area contributed by atoms with Gasteiger partial charge in [-0.1, -0.05) is 18.2 Å². The Hall–Kier alpha value is -1.55. The number of amides is 1. The Balaban J connectivity index is 1.61. The highest BCUT2D eigenvalue weighted by Crippen LogP contribution is 2.27. The highest BCUT2D eigenvalue weighted by molar-refractivity contribution is 5.81. The van der Waals surface area contributed by atoms with E-state index in [1.54, 1.807) is 7.11 Å². The molecule has 2 heterocycles. The number of carbonyl (C=O) groups is 1. The zero-order chi connectivity index (χ0) is 15.4. The molecule has 2 fully saturated rings. The number of para-hydroxylation sites is 1. The average Bonchev–Trinajstić information content (AvgIpc) is 3.09. The van der Waals surface area contributed by atoms with Crippen molar-refractivity contribution in [1.29, 1.82) is 0 Å². The zero-order valence-corrected chi connectivity index (χ0v) is 13.3. The van der Waals surface area contributed by atoms with E-state index >= 15 is 0 Å². The maximum absolute atomic E-state index is 12.5. The molecule has 4 nitrogen and oxygen atoms in total. The summed E-state index contributed by atoms with van der Waals surface area (Å²) in [7, 11) is 1.72. The van der Waals surface area contributed by atoms with Gasteiger partial charge in [-0.15, -0.1) is 0 Å². The van der Waals surface area contributed by atoms with Crippen molar-refractivity contribution in [2.75, 3.05) is 26.8 Å². The summed E-state index contributed by atoms with van der Waals surface area (Å²) in [6, 6.07) is 8.18. The van der Waals surface area contributed by atoms with Gasteiger partial charge in [0.1, 0.15) is 11.9 Å². The lowest BCUT2D eigenvalue weighted by Gasteiger charge is -2.34. The number of methoxy groups -OCH3 is 1. The molecule has 0 bridgehead atoms. The minimum Gasteiger partial charge on any atom is -0.496 e. The molecule has 1 amide bonds. The topological polar surface area (TPSA) is 38.8 Å². The lowest BCUT2D eigenvalue weighted by Crippen LogP contribution is -2.45. The second kappa shape index (κ2) is 7.14. The average molecular weight is 303 g/mol. The number of hydrogen-bond donors (Lipinski definition) is 0.